The van der Waals surface area contributed by atoms with Crippen LogP contribution in [0.1, 0.15) is 36.8 Å². The summed E-state index contributed by atoms with van der Waals surface area (Å²) in [5.41, 5.74) is 8.75. The van der Waals surface area contributed by atoms with E-state index < -0.39 is 41.3 Å². The number of ether oxygens (including phenoxy) is 4. The molecule has 11 heteroatoms. The number of hydrogen-bond donors (Lipinski definition) is 1. The number of nitrogens with zero attached hydrogens (tertiary/aromatic N) is 1. The molecule has 2 aliphatic rings. The summed E-state index contributed by atoms with van der Waals surface area (Å²) >= 11 is 0. The Bertz CT molecular complexity index is 1540. The Hall–Kier alpha value is -4.51. The minimum atomic E-state index is -1.35. The molecule has 0 saturated heterocycles. The van der Waals surface area contributed by atoms with Gasteiger partial charge in [0.15, 0.2) is 17.4 Å². The van der Waals surface area contributed by atoms with Crippen LogP contribution in [0, 0.1) is 17.5 Å². The highest BCUT2D eigenvalue weighted by molar-refractivity contribution is 5.99. The maximum absolute atomic E-state index is 13.8. The van der Waals surface area contributed by atoms with Crippen LogP contribution in [-0.4, -0.2) is 55.9 Å². The number of carbonyl (C=O) groups is 2. The number of aryl methyl sites for hydroxylation is 1. The van der Waals surface area contributed by atoms with E-state index in [4.69, 9.17) is 24.7 Å². The molecule has 1 fully saturated rings. The van der Waals surface area contributed by atoms with E-state index in [9.17, 15) is 22.8 Å². The van der Waals surface area contributed by atoms with Crippen LogP contribution in [-0.2, 0) is 20.7 Å². The molecule has 1 atom stereocenters. The highest BCUT2D eigenvalue weighted by atomic mass is 19.2. The lowest BCUT2D eigenvalue weighted by Crippen LogP contribution is -2.51. The Morgan fingerprint density at radius 2 is 1.73 bits per heavy atom. The van der Waals surface area contributed by atoms with Gasteiger partial charge in [-0.15, -0.1) is 0 Å². The first-order valence-electron chi connectivity index (χ1n) is 14.4. The van der Waals surface area contributed by atoms with Gasteiger partial charge in [0.2, 0.25) is 12.0 Å². The van der Waals surface area contributed by atoms with Crippen LogP contribution >= 0.6 is 0 Å². The van der Waals surface area contributed by atoms with E-state index in [0.717, 1.165) is 35.6 Å². The van der Waals surface area contributed by atoms with Crippen molar-refractivity contribution in [3.8, 4) is 17.2 Å². The van der Waals surface area contributed by atoms with Gasteiger partial charge in [-0.25, -0.2) is 13.6 Å². The summed E-state index contributed by atoms with van der Waals surface area (Å²) in [6.07, 6.45) is 1.84. The predicted molar refractivity (Wildman–Crippen MR) is 155 cm³/mol. The first kappa shape index (κ1) is 30.9. The summed E-state index contributed by atoms with van der Waals surface area (Å²) in [5.74, 6) is -4.37. The first-order valence-corrected chi connectivity index (χ1v) is 14.4. The lowest BCUT2D eigenvalue weighted by atomic mass is 9.92. The van der Waals surface area contributed by atoms with E-state index in [1.54, 1.807) is 29.2 Å². The van der Waals surface area contributed by atoms with E-state index in [0.29, 0.717) is 48.9 Å². The zero-order chi connectivity index (χ0) is 31.2. The van der Waals surface area contributed by atoms with Crippen molar-refractivity contribution < 1.29 is 41.7 Å². The second kappa shape index (κ2) is 13.9. The third kappa shape index (κ3) is 7.52. The largest absolute Gasteiger partial charge is 0.497 e. The minimum absolute atomic E-state index is 0.00392. The molecule has 1 aliphatic carbocycles. The SMILES string of the molecule is COc1cccc(OC(C(N)=O)N2CCC(c3ccc(CCCOc4c(F)ccc(F)c4F)cc3)=C(C(=O)OC3CC3)C2)c1. The number of hydrogen-bond acceptors (Lipinski definition) is 7. The fraction of sp³-hybridized carbons (Fsp3) is 0.333. The number of primary amides is 1. The van der Waals surface area contributed by atoms with Gasteiger partial charge in [0.1, 0.15) is 17.6 Å². The molecule has 0 radical (unpaired) electrons. The molecule has 1 heterocycles. The van der Waals surface area contributed by atoms with E-state index in [1.165, 1.54) is 7.11 Å². The third-order valence-corrected chi connectivity index (χ3v) is 7.44. The van der Waals surface area contributed by atoms with Crippen molar-refractivity contribution in [2.24, 2.45) is 5.73 Å². The Kier molecular flexibility index (Phi) is 9.74. The predicted octanol–water partition coefficient (Wildman–Crippen LogP) is 5.18. The molecular formula is C33H33F3N2O6. The monoisotopic (exact) mass is 610 g/mol. The van der Waals surface area contributed by atoms with Crippen molar-refractivity contribution in [1.82, 2.24) is 4.90 Å². The standard InChI is InChI=1S/C33H33F3N2O6/c1-41-23-5-2-6-24(18-23)43-32(31(37)39)38-16-15-25(26(19-38)33(40)44-22-11-12-22)21-9-7-20(8-10-21)4-3-17-42-30-28(35)14-13-27(34)29(30)36/h2,5-10,13-14,18,22,32H,3-4,11-12,15-17,19H2,1H3,(H2,37,39). The number of halogens is 3. The quantitative estimate of drug-likeness (QED) is 0.162. The zero-order valence-electron chi connectivity index (χ0n) is 24.2. The molecule has 8 nitrogen and oxygen atoms in total. The van der Waals surface area contributed by atoms with Crippen LogP contribution in [0.5, 0.6) is 17.2 Å². The minimum Gasteiger partial charge on any atom is -0.497 e. The van der Waals surface area contributed by atoms with Crippen LogP contribution in [0.15, 0.2) is 66.2 Å². The van der Waals surface area contributed by atoms with Crippen LogP contribution in [0.4, 0.5) is 13.2 Å². The zero-order valence-corrected chi connectivity index (χ0v) is 24.2. The lowest BCUT2D eigenvalue weighted by molar-refractivity contribution is -0.142. The van der Waals surface area contributed by atoms with E-state index in [-0.39, 0.29) is 19.3 Å². The van der Waals surface area contributed by atoms with Gasteiger partial charge in [0, 0.05) is 19.2 Å². The fourth-order valence-electron chi connectivity index (χ4n) is 4.98. The van der Waals surface area contributed by atoms with Crippen LogP contribution < -0.4 is 19.9 Å². The van der Waals surface area contributed by atoms with E-state index in [1.807, 2.05) is 24.3 Å². The van der Waals surface area contributed by atoms with Crippen LogP contribution in [0.3, 0.4) is 0 Å². The molecule has 1 amide bonds. The van der Waals surface area contributed by atoms with Crippen molar-refractivity contribution >= 4 is 17.4 Å². The molecule has 0 bridgehead atoms. The van der Waals surface area contributed by atoms with Gasteiger partial charge in [-0.1, -0.05) is 30.3 Å². The summed E-state index contributed by atoms with van der Waals surface area (Å²) in [7, 11) is 1.53. The maximum Gasteiger partial charge on any atom is 0.335 e. The molecule has 3 aromatic rings. The fourth-order valence-corrected chi connectivity index (χ4v) is 4.98. The number of rotatable bonds is 13. The van der Waals surface area contributed by atoms with Crippen molar-refractivity contribution in [3.05, 3.63) is 94.8 Å². The molecule has 3 aromatic carbocycles. The van der Waals surface area contributed by atoms with E-state index >= 15 is 0 Å². The highest BCUT2D eigenvalue weighted by Gasteiger charge is 2.35. The first-order chi connectivity index (χ1) is 21.2. The summed E-state index contributed by atoms with van der Waals surface area (Å²) in [6.45, 7) is 0.500. The van der Waals surface area contributed by atoms with Crippen molar-refractivity contribution in [3.63, 3.8) is 0 Å². The number of carbonyl (C=O) groups excluding carboxylic acids is 2. The molecule has 0 aromatic heterocycles. The van der Waals surface area contributed by atoms with Gasteiger partial charge in [0.25, 0.3) is 5.91 Å². The van der Waals surface area contributed by atoms with Gasteiger partial charge in [-0.3, -0.25) is 9.69 Å². The number of amides is 1. The van der Waals surface area contributed by atoms with Gasteiger partial charge in [0.05, 0.1) is 19.3 Å². The smallest absolute Gasteiger partial charge is 0.335 e. The molecule has 1 saturated carbocycles. The maximum atomic E-state index is 13.8. The Labute approximate surface area is 253 Å². The van der Waals surface area contributed by atoms with Crippen molar-refractivity contribution in [1.29, 1.82) is 0 Å². The molecule has 232 valence electrons. The molecule has 5 rings (SSSR count). The summed E-state index contributed by atoms with van der Waals surface area (Å²) in [4.78, 5) is 27.5. The molecule has 1 aliphatic heterocycles. The molecule has 44 heavy (non-hydrogen) atoms. The highest BCUT2D eigenvalue weighted by Crippen LogP contribution is 2.33. The van der Waals surface area contributed by atoms with Gasteiger partial charge in [-0.05, 0) is 73.1 Å². The van der Waals surface area contributed by atoms with E-state index in [2.05, 4.69) is 0 Å². The molecule has 2 N–H and O–H groups in total. The van der Waals surface area contributed by atoms with Gasteiger partial charge < -0.3 is 24.7 Å². The molecule has 0 spiro atoms. The normalized spacial score (nSPS) is 15.9. The Balaban J connectivity index is 1.28. The van der Waals surface area contributed by atoms with Crippen molar-refractivity contribution in [2.75, 3.05) is 26.8 Å². The van der Waals surface area contributed by atoms with Gasteiger partial charge >= 0.3 is 5.97 Å². The van der Waals surface area contributed by atoms with Crippen LogP contribution in [0.2, 0.25) is 0 Å². The summed E-state index contributed by atoms with van der Waals surface area (Å²) in [6, 6.07) is 16.0. The summed E-state index contributed by atoms with van der Waals surface area (Å²) in [5, 5.41) is 0. The average Bonchev–Trinajstić information content (AvgIpc) is 3.85. The van der Waals surface area contributed by atoms with Crippen molar-refractivity contribution in [2.45, 2.75) is 44.4 Å². The number of nitrogens with two attached hydrogens (primary N) is 1. The average molecular weight is 611 g/mol. The second-order valence-corrected chi connectivity index (χ2v) is 10.7. The summed E-state index contributed by atoms with van der Waals surface area (Å²) < 4.78 is 63.0. The third-order valence-electron chi connectivity index (χ3n) is 7.44. The number of methoxy groups -OCH3 is 1. The topological polar surface area (TPSA) is 100 Å². The number of benzene rings is 3. The Morgan fingerprint density at radius 1 is 1.00 bits per heavy atom. The lowest BCUT2D eigenvalue weighted by Gasteiger charge is -2.34. The van der Waals surface area contributed by atoms with Gasteiger partial charge in [-0.2, -0.15) is 4.39 Å². The Morgan fingerprint density at radius 3 is 2.43 bits per heavy atom. The molecule has 1 unspecified atom stereocenters. The molecular weight excluding hydrogens is 577 g/mol. The number of esters is 1. The second-order valence-electron chi connectivity index (χ2n) is 10.7. The van der Waals surface area contributed by atoms with Crippen LogP contribution in [0.25, 0.3) is 5.57 Å².